The summed E-state index contributed by atoms with van der Waals surface area (Å²) in [7, 11) is 1.55. The van der Waals surface area contributed by atoms with Crippen molar-refractivity contribution in [2.24, 2.45) is 4.99 Å². The van der Waals surface area contributed by atoms with Crippen LogP contribution in [0.4, 0.5) is 5.69 Å². The van der Waals surface area contributed by atoms with Gasteiger partial charge in [-0.1, -0.05) is 42.5 Å². The third-order valence-corrected chi connectivity index (χ3v) is 7.97. The molecule has 220 valence electrons. The molecule has 9 heteroatoms. The number of rotatable bonds is 8. The molecular weight excluding hydrogens is 556 g/mol. The van der Waals surface area contributed by atoms with E-state index in [2.05, 4.69) is 4.99 Å². The van der Waals surface area contributed by atoms with Crippen molar-refractivity contribution in [1.29, 1.82) is 0 Å². The number of ether oxygens (including phenoxy) is 3. The van der Waals surface area contributed by atoms with Crippen LogP contribution in [0.3, 0.4) is 0 Å². The summed E-state index contributed by atoms with van der Waals surface area (Å²) in [5, 5.41) is 0.549. The minimum atomic E-state index is -0.141. The molecular formula is C35H30N4O5. The van der Waals surface area contributed by atoms with E-state index in [0.717, 1.165) is 24.9 Å². The van der Waals surface area contributed by atoms with Gasteiger partial charge < -0.3 is 19.1 Å². The molecule has 2 aliphatic rings. The molecule has 2 aliphatic heterocycles. The Labute approximate surface area is 254 Å². The summed E-state index contributed by atoms with van der Waals surface area (Å²) in [6.07, 6.45) is 3.75. The highest BCUT2D eigenvalue weighted by atomic mass is 16.5. The Morgan fingerprint density at radius 2 is 1.64 bits per heavy atom. The van der Waals surface area contributed by atoms with Crippen LogP contribution in [0.5, 0.6) is 17.2 Å². The van der Waals surface area contributed by atoms with Crippen molar-refractivity contribution in [3.8, 4) is 34.3 Å². The summed E-state index contributed by atoms with van der Waals surface area (Å²) in [6, 6.07) is 27.8. The monoisotopic (exact) mass is 586 g/mol. The van der Waals surface area contributed by atoms with Gasteiger partial charge in [-0.3, -0.25) is 19.1 Å². The normalized spacial score (nSPS) is 15.5. The molecule has 44 heavy (non-hydrogen) atoms. The summed E-state index contributed by atoms with van der Waals surface area (Å²) in [6.45, 7) is 1.25. The standard InChI is InChI=1S/C35H30N4O5/c1-42-31-20-28-30(36-22-25-10-7-17-38(25)34(28)40)21-32(31)44-19-18-43-26-15-13-24(14-16-26)39-33(23-8-3-2-4-9-23)37-29-12-6-5-11-27(29)35(39)41/h2-6,8-9,11-16,20-22,25H,7,10,17-19H2,1H3/t25-/m0/s1. The van der Waals surface area contributed by atoms with E-state index in [1.165, 1.54) is 0 Å². The number of fused-ring (bicyclic) bond motifs is 3. The number of nitrogens with zero attached hydrogens (tertiary/aromatic N) is 4. The van der Waals surface area contributed by atoms with Gasteiger partial charge in [0.25, 0.3) is 11.5 Å². The quantitative estimate of drug-likeness (QED) is 0.212. The fourth-order valence-electron chi connectivity index (χ4n) is 5.78. The molecule has 0 bridgehead atoms. The van der Waals surface area contributed by atoms with Crippen molar-refractivity contribution in [2.45, 2.75) is 18.9 Å². The van der Waals surface area contributed by atoms with E-state index in [9.17, 15) is 9.59 Å². The average molecular weight is 587 g/mol. The maximum Gasteiger partial charge on any atom is 0.266 e. The fraction of sp³-hybridized carbons (Fsp3) is 0.200. The van der Waals surface area contributed by atoms with Crippen LogP contribution >= 0.6 is 0 Å². The Morgan fingerprint density at radius 1 is 0.864 bits per heavy atom. The molecule has 7 rings (SSSR count). The Hall–Kier alpha value is -5.44. The number of benzene rings is 4. The molecule has 0 saturated carbocycles. The van der Waals surface area contributed by atoms with E-state index in [1.807, 2.05) is 83.9 Å². The molecule has 0 spiro atoms. The smallest absolute Gasteiger partial charge is 0.266 e. The van der Waals surface area contributed by atoms with Crippen LogP contribution in [0.1, 0.15) is 23.2 Å². The highest BCUT2D eigenvalue weighted by Gasteiger charge is 2.32. The highest BCUT2D eigenvalue weighted by molar-refractivity contribution is 6.03. The van der Waals surface area contributed by atoms with E-state index in [1.54, 1.807) is 29.9 Å². The number of hydrogen-bond acceptors (Lipinski definition) is 7. The highest BCUT2D eigenvalue weighted by Crippen LogP contribution is 2.38. The van der Waals surface area contributed by atoms with Gasteiger partial charge in [-0.15, -0.1) is 0 Å². The molecule has 3 heterocycles. The van der Waals surface area contributed by atoms with E-state index >= 15 is 0 Å². The molecule has 0 radical (unpaired) electrons. The summed E-state index contributed by atoms with van der Waals surface area (Å²) in [5.74, 6) is 2.13. The maximum atomic E-state index is 13.6. The topological polar surface area (TPSA) is 95.2 Å². The molecule has 0 aliphatic carbocycles. The van der Waals surface area contributed by atoms with Crippen LogP contribution in [-0.2, 0) is 0 Å². The Balaban J connectivity index is 1.07. The van der Waals surface area contributed by atoms with Crippen molar-refractivity contribution in [1.82, 2.24) is 14.5 Å². The van der Waals surface area contributed by atoms with Gasteiger partial charge in [-0.05, 0) is 55.3 Å². The van der Waals surface area contributed by atoms with Crippen LogP contribution in [0, 0.1) is 0 Å². The van der Waals surface area contributed by atoms with Crippen LogP contribution in [0.25, 0.3) is 28.0 Å². The van der Waals surface area contributed by atoms with E-state index in [-0.39, 0.29) is 30.7 Å². The first-order chi connectivity index (χ1) is 21.6. The zero-order valence-electron chi connectivity index (χ0n) is 24.2. The molecule has 1 aromatic heterocycles. The van der Waals surface area contributed by atoms with Gasteiger partial charge in [0.15, 0.2) is 11.5 Å². The van der Waals surface area contributed by atoms with Gasteiger partial charge in [-0.2, -0.15) is 0 Å². The predicted molar refractivity (Wildman–Crippen MR) is 169 cm³/mol. The summed E-state index contributed by atoms with van der Waals surface area (Å²) >= 11 is 0. The average Bonchev–Trinajstić information content (AvgIpc) is 3.50. The molecule has 9 nitrogen and oxygen atoms in total. The molecule has 1 fully saturated rings. The number of aliphatic imine (C=N–C) groups is 1. The zero-order chi connectivity index (χ0) is 30.0. The second kappa shape index (κ2) is 11.7. The van der Waals surface area contributed by atoms with Crippen LogP contribution in [-0.4, -0.2) is 59.5 Å². The zero-order valence-corrected chi connectivity index (χ0v) is 24.2. The number of carbonyl (C=O) groups is 1. The number of methoxy groups -OCH3 is 1. The Kier molecular flexibility index (Phi) is 7.27. The van der Waals surface area contributed by atoms with Crippen molar-refractivity contribution in [3.05, 3.63) is 107 Å². The second-order valence-corrected chi connectivity index (χ2v) is 10.7. The maximum absolute atomic E-state index is 13.6. The number of carbonyl (C=O) groups excluding carboxylic acids is 1. The van der Waals surface area contributed by atoms with Gasteiger partial charge in [0.05, 0.1) is 41.0 Å². The molecule has 0 unspecified atom stereocenters. The minimum Gasteiger partial charge on any atom is -0.493 e. The van der Waals surface area contributed by atoms with Gasteiger partial charge in [0, 0.05) is 24.4 Å². The first-order valence-electron chi connectivity index (χ1n) is 14.6. The first-order valence-corrected chi connectivity index (χ1v) is 14.6. The largest absolute Gasteiger partial charge is 0.493 e. The molecule has 1 amide bonds. The SMILES string of the molecule is COc1cc2c(cc1OCCOc1ccc(-n3c(-c4ccccc4)nc4ccccc4c3=O)cc1)N=C[C@@H]1CCCN1C2=O. The van der Waals surface area contributed by atoms with Crippen molar-refractivity contribution >= 4 is 28.7 Å². The summed E-state index contributed by atoms with van der Waals surface area (Å²) in [4.78, 5) is 38.0. The molecule has 4 aromatic carbocycles. The van der Waals surface area contributed by atoms with E-state index in [0.29, 0.717) is 50.9 Å². The third-order valence-electron chi connectivity index (χ3n) is 7.97. The number of aromatic nitrogens is 2. The fourth-order valence-corrected chi connectivity index (χ4v) is 5.78. The van der Waals surface area contributed by atoms with Crippen molar-refractivity contribution in [2.75, 3.05) is 26.9 Å². The lowest BCUT2D eigenvalue weighted by molar-refractivity contribution is 0.0774. The summed E-state index contributed by atoms with van der Waals surface area (Å²) in [5.41, 5.74) is 3.12. The molecule has 5 aromatic rings. The van der Waals surface area contributed by atoms with Crippen LogP contribution in [0.15, 0.2) is 101 Å². The van der Waals surface area contributed by atoms with Gasteiger partial charge in [-0.25, -0.2) is 4.98 Å². The summed E-state index contributed by atoms with van der Waals surface area (Å²) < 4.78 is 19.1. The lowest BCUT2D eigenvalue weighted by Gasteiger charge is -2.20. The number of para-hydroxylation sites is 1. The molecule has 1 saturated heterocycles. The van der Waals surface area contributed by atoms with Gasteiger partial charge in [0.2, 0.25) is 0 Å². The Bertz CT molecular complexity index is 1940. The lowest BCUT2D eigenvalue weighted by atomic mass is 10.1. The predicted octanol–water partition coefficient (Wildman–Crippen LogP) is 5.84. The minimum absolute atomic E-state index is 0.0331. The molecule has 1 atom stereocenters. The third kappa shape index (κ3) is 5.06. The van der Waals surface area contributed by atoms with Gasteiger partial charge >= 0.3 is 0 Å². The van der Waals surface area contributed by atoms with Crippen LogP contribution in [0.2, 0.25) is 0 Å². The Morgan fingerprint density at radius 3 is 2.45 bits per heavy atom. The number of amides is 1. The van der Waals surface area contributed by atoms with E-state index < -0.39 is 0 Å². The van der Waals surface area contributed by atoms with Gasteiger partial charge in [0.1, 0.15) is 24.8 Å². The molecule has 0 N–H and O–H groups in total. The second-order valence-electron chi connectivity index (χ2n) is 10.7. The van der Waals surface area contributed by atoms with Crippen LogP contribution < -0.4 is 19.8 Å². The van der Waals surface area contributed by atoms with Crippen molar-refractivity contribution < 1.29 is 19.0 Å². The van der Waals surface area contributed by atoms with Crippen molar-refractivity contribution in [3.63, 3.8) is 0 Å². The number of hydrogen-bond donors (Lipinski definition) is 0. The first kappa shape index (κ1) is 27.4. The van der Waals surface area contributed by atoms with E-state index in [4.69, 9.17) is 19.2 Å². The lowest BCUT2D eigenvalue weighted by Crippen LogP contribution is -2.35.